The zero-order valence-electron chi connectivity index (χ0n) is 9.09. The van der Waals surface area contributed by atoms with Crippen molar-refractivity contribution in [1.29, 1.82) is 0 Å². The largest absolute Gasteiger partial charge is 0.481 e. The summed E-state index contributed by atoms with van der Waals surface area (Å²) in [5.41, 5.74) is 1.55. The molecule has 0 heterocycles. The predicted molar refractivity (Wildman–Crippen MR) is 56.7 cm³/mol. The number of rotatable bonds is 2. The molecular weight excluding hydrogens is 207 g/mol. The quantitative estimate of drug-likeness (QED) is 0.831. The van der Waals surface area contributed by atoms with Crippen molar-refractivity contribution in [2.45, 2.75) is 31.6 Å². The molecule has 2 nitrogen and oxygen atoms in total. The zero-order chi connectivity index (χ0) is 11.6. The lowest BCUT2D eigenvalue weighted by Crippen LogP contribution is -2.68. The Morgan fingerprint density at radius 1 is 1.38 bits per heavy atom. The van der Waals surface area contributed by atoms with Gasteiger partial charge in [0.25, 0.3) is 0 Å². The van der Waals surface area contributed by atoms with E-state index < -0.39 is 11.4 Å². The van der Waals surface area contributed by atoms with Gasteiger partial charge < -0.3 is 5.11 Å². The Balaban J connectivity index is 1.93. The van der Waals surface area contributed by atoms with E-state index in [1.54, 1.807) is 12.1 Å². The fraction of sp³-hybridized carbons (Fsp3) is 0.462. The van der Waals surface area contributed by atoms with Crippen molar-refractivity contribution in [3.05, 3.63) is 35.1 Å². The molecule has 0 unspecified atom stereocenters. The van der Waals surface area contributed by atoms with Crippen molar-refractivity contribution in [1.82, 2.24) is 0 Å². The number of carbonyl (C=O) groups is 1. The average Bonchev–Trinajstić information content (AvgIpc) is 2.05. The van der Waals surface area contributed by atoms with Crippen LogP contribution in [-0.2, 0) is 10.2 Å². The SMILES string of the molecule is Cc1ccc(F)cc1C12CC(C(=O)O)(C1)C2. The van der Waals surface area contributed by atoms with Crippen LogP contribution >= 0.6 is 0 Å². The van der Waals surface area contributed by atoms with Crippen molar-refractivity contribution >= 4 is 5.97 Å². The Kier molecular flexibility index (Phi) is 1.63. The van der Waals surface area contributed by atoms with E-state index in [0.29, 0.717) is 19.3 Å². The Bertz CT molecular complexity index is 473. The average molecular weight is 220 g/mol. The summed E-state index contributed by atoms with van der Waals surface area (Å²) in [7, 11) is 0. The molecule has 0 spiro atoms. The lowest BCUT2D eigenvalue weighted by atomic mass is 9.33. The van der Waals surface area contributed by atoms with Gasteiger partial charge in [0.15, 0.2) is 0 Å². The first-order valence-electron chi connectivity index (χ1n) is 5.48. The number of aryl methyl sites for hydroxylation is 1. The predicted octanol–water partition coefficient (Wildman–Crippen LogP) is 2.64. The van der Waals surface area contributed by atoms with Crippen LogP contribution in [0.3, 0.4) is 0 Å². The van der Waals surface area contributed by atoms with Crippen LogP contribution in [0.25, 0.3) is 0 Å². The zero-order valence-corrected chi connectivity index (χ0v) is 9.09. The van der Waals surface area contributed by atoms with Gasteiger partial charge in [-0.2, -0.15) is 0 Å². The first-order valence-corrected chi connectivity index (χ1v) is 5.48. The van der Waals surface area contributed by atoms with Crippen LogP contribution in [0.15, 0.2) is 18.2 Å². The van der Waals surface area contributed by atoms with Gasteiger partial charge in [0.2, 0.25) is 0 Å². The third kappa shape index (κ3) is 0.984. The van der Waals surface area contributed by atoms with Crippen molar-refractivity contribution in [2.24, 2.45) is 5.41 Å². The summed E-state index contributed by atoms with van der Waals surface area (Å²) in [6, 6.07) is 4.80. The lowest BCUT2D eigenvalue weighted by Gasteiger charge is -2.68. The minimum absolute atomic E-state index is 0.0371. The smallest absolute Gasteiger partial charge is 0.309 e. The molecule has 4 rings (SSSR count). The molecule has 0 atom stereocenters. The molecule has 2 bridgehead atoms. The Morgan fingerprint density at radius 2 is 2.00 bits per heavy atom. The molecule has 84 valence electrons. The normalized spacial score (nSPS) is 35.1. The van der Waals surface area contributed by atoms with Gasteiger partial charge in [0.1, 0.15) is 5.82 Å². The highest BCUT2D eigenvalue weighted by atomic mass is 19.1. The maximum absolute atomic E-state index is 13.2. The Morgan fingerprint density at radius 3 is 2.56 bits per heavy atom. The molecule has 0 aliphatic heterocycles. The van der Waals surface area contributed by atoms with Crippen LogP contribution in [-0.4, -0.2) is 11.1 Å². The van der Waals surface area contributed by atoms with Crippen LogP contribution in [0, 0.1) is 18.2 Å². The van der Waals surface area contributed by atoms with E-state index in [0.717, 1.165) is 11.1 Å². The molecule has 1 N–H and O–H groups in total. The van der Waals surface area contributed by atoms with E-state index in [-0.39, 0.29) is 11.2 Å². The van der Waals surface area contributed by atoms with Gasteiger partial charge in [-0.1, -0.05) is 6.07 Å². The van der Waals surface area contributed by atoms with Gasteiger partial charge >= 0.3 is 5.97 Å². The summed E-state index contributed by atoms with van der Waals surface area (Å²) in [4.78, 5) is 11.0. The van der Waals surface area contributed by atoms with Crippen molar-refractivity contribution in [3.8, 4) is 0 Å². The van der Waals surface area contributed by atoms with Gasteiger partial charge in [-0.3, -0.25) is 4.79 Å². The van der Waals surface area contributed by atoms with E-state index in [2.05, 4.69) is 0 Å². The number of carboxylic acids is 1. The molecule has 3 fully saturated rings. The van der Waals surface area contributed by atoms with E-state index in [1.807, 2.05) is 6.92 Å². The van der Waals surface area contributed by atoms with Crippen LogP contribution in [0.2, 0.25) is 0 Å². The molecule has 0 amide bonds. The molecule has 3 saturated carbocycles. The molecule has 0 saturated heterocycles. The monoisotopic (exact) mass is 220 g/mol. The van der Waals surface area contributed by atoms with E-state index in [4.69, 9.17) is 5.11 Å². The van der Waals surface area contributed by atoms with Gasteiger partial charge in [-0.05, 0) is 54.9 Å². The summed E-state index contributed by atoms with van der Waals surface area (Å²) in [6.45, 7) is 1.96. The van der Waals surface area contributed by atoms with Crippen molar-refractivity contribution < 1.29 is 14.3 Å². The third-order valence-electron chi connectivity index (χ3n) is 4.25. The first-order chi connectivity index (χ1) is 7.47. The highest BCUT2D eigenvalue weighted by Gasteiger charge is 2.72. The van der Waals surface area contributed by atoms with Crippen LogP contribution in [0.1, 0.15) is 30.4 Å². The molecule has 3 heteroatoms. The summed E-state index contributed by atoms with van der Waals surface area (Å²) in [6.07, 6.45) is 2.04. The standard InChI is InChI=1S/C13H13FO2/c1-8-2-3-9(14)4-10(8)12-5-13(6-12,7-12)11(15)16/h2-4H,5-7H2,1H3,(H,15,16). The number of halogens is 1. The van der Waals surface area contributed by atoms with Gasteiger partial charge in [-0.15, -0.1) is 0 Å². The second-order valence-corrected chi connectivity index (χ2v) is 5.36. The summed E-state index contributed by atoms with van der Waals surface area (Å²) in [5, 5.41) is 9.04. The molecule has 3 aliphatic carbocycles. The summed E-state index contributed by atoms with van der Waals surface area (Å²) >= 11 is 0. The minimum Gasteiger partial charge on any atom is -0.481 e. The van der Waals surface area contributed by atoms with Crippen molar-refractivity contribution in [3.63, 3.8) is 0 Å². The number of hydrogen-bond acceptors (Lipinski definition) is 1. The van der Waals surface area contributed by atoms with Crippen molar-refractivity contribution in [2.75, 3.05) is 0 Å². The number of benzene rings is 1. The lowest BCUT2D eigenvalue weighted by molar-refractivity contribution is -0.194. The Hall–Kier alpha value is -1.38. The van der Waals surface area contributed by atoms with Gasteiger partial charge in [-0.25, -0.2) is 4.39 Å². The van der Waals surface area contributed by atoms with E-state index in [9.17, 15) is 9.18 Å². The third-order valence-corrected chi connectivity index (χ3v) is 4.25. The second-order valence-electron chi connectivity index (χ2n) is 5.36. The molecule has 0 aromatic heterocycles. The van der Waals surface area contributed by atoms with Gasteiger partial charge in [0.05, 0.1) is 5.41 Å². The van der Waals surface area contributed by atoms with Gasteiger partial charge in [0, 0.05) is 0 Å². The Labute approximate surface area is 93.1 Å². The minimum atomic E-state index is -0.691. The second kappa shape index (κ2) is 2.65. The fourth-order valence-electron chi connectivity index (χ4n) is 3.47. The first kappa shape index (κ1) is 9.82. The highest BCUT2D eigenvalue weighted by Crippen LogP contribution is 2.74. The highest BCUT2D eigenvalue weighted by molar-refractivity contribution is 5.81. The van der Waals surface area contributed by atoms with E-state index in [1.165, 1.54) is 6.07 Å². The van der Waals surface area contributed by atoms with Crippen LogP contribution < -0.4 is 0 Å². The summed E-state index contributed by atoms with van der Waals surface area (Å²) < 4.78 is 13.2. The molecular formula is C13H13FO2. The van der Waals surface area contributed by atoms with E-state index >= 15 is 0 Å². The number of carboxylic acid groups (broad SMARTS) is 1. The fourth-order valence-corrected chi connectivity index (χ4v) is 3.47. The maximum Gasteiger partial charge on any atom is 0.309 e. The van der Waals surface area contributed by atoms with Crippen LogP contribution in [0.4, 0.5) is 4.39 Å². The molecule has 0 radical (unpaired) electrons. The maximum atomic E-state index is 13.2. The molecule has 16 heavy (non-hydrogen) atoms. The topological polar surface area (TPSA) is 37.3 Å². The number of hydrogen-bond donors (Lipinski definition) is 1. The molecule has 1 aromatic rings. The summed E-state index contributed by atoms with van der Waals surface area (Å²) in [5.74, 6) is -0.918. The molecule has 3 aliphatic rings. The van der Waals surface area contributed by atoms with Crippen LogP contribution in [0.5, 0.6) is 0 Å². The molecule has 1 aromatic carbocycles. The number of aliphatic carboxylic acids is 1.